The zero-order valence-electron chi connectivity index (χ0n) is 15.0. The number of carbonyl (C=O) groups excluding carboxylic acids is 2. The highest BCUT2D eigenvalue weighted by Crippen LogP contribution is 2.40. The standard InChI is InChI=1S/C22H18FNO3S/c23-16-11-9-15(10-12-16)20(25)19-17-7-4-8-18(17)28-21(19)24-22(26)27-13-14-5-2-1-3-6-14/h1-3,5-6,9-12H,4,7-8,13H2,(H,24,26). The second-order valence-electron chi connectivity index (χ2n) is 6.58. The van der Waals surface area contributed by atoms with Gasteiger partial charge in [0, 0.05) is 10.4 Å². The van der Waals surface area contributed by atoms with Crippen LogP contribution < -0.4 is 5.32 Å². The van der Waals surface area contributed by atoms with Crippen molar-refractivity contribution in [1.82, 2.24) is 0 Å². The Kier molecular flexibility index (Phi) is 5.21. The minimum Gasteiger partial charge on any atom is -0.444 e. The summed E-state index contributed by atoms with van der Waals surface area (Å²) in [6.45, 7) is 0.152. The Morgan fingerprint density at radius 3 is 2.54 bits per heavy atom. The maximum absolute atomic E-state index is 13.2. The van der Waals surface area contributed by atoms with E-state index < -0.39 is 11.9 Å². The summed E-state index contributed by atoms with van der Waals surface area (Å²) < 4.78 is 18.5. The van der Waals surface area contributed by atoms with Gasteiger partial charge in [0.25, 0.3) is 0 Å². The number of ketones is 1. The molecule has 28 heavy (non-hydrogen) atoms. The lowest BCUT2D eigenvalue weighted by atomic mass is 10.0. The van der Waals surface area contributed by atoms with Crippen LogP contribution >= 0.6 is 11.3 Å². The summed E-state index contributed by atoms with van der Waals surface area (Å²) in [4.78, 5) is 26.4. The Labute approximate surface area is 166 Å². The predicted molar refractivity (Wildman–Crippen MR) is 106 cm³/mol. The lowest BCUT2D eigenvalue weighted by Crippen LogP contribution is -2.15. The van der Waals surface area contributed by atoms with Crippen molar-refractivity contribution in [1.29, 1.82) is 0 Å². The summed E-state index contributed by atoms with van der Waals surface area (Å²) >= 11 is 1.42. The molecular formula is C22H18FNO3S. The van der Waals surface area contributed by atoms with Gasteiger partial charge >= 0.3 is 6.09 Å². The molecule has 0 saturated heterocycles. The summed E-state index contributed by atoms with van der Waals surface area (Å²) in [5.41, 5.74) is 2.77. The molecule has 4 rings (SSSR count). The number of carbonyl (C=O) groups is 2. The van der Waals surface area contributed by atoms with Crippen molar-refractivity contribution in [3.8, 4) is 0 Å². The third kappa shape index (κ3) is 3.82. The van der Waals surface area contributed by atoms with Crippen molar-refractivity contribution in [3.63, 3.8) is 0 Å². The Morgan fingerprint density at radius 1 is 1.04 bits per heavy atom. The fourth-order valence-corrected chi connectivity index (χ4v) is 4.60. The number of hydrogen-bond acceptors (Lipinski definition) is 4. The summed E-state index contributed by atoms with van der Waals surface area (Å²) in [5, 5.41) is 3.23. The van der Waals surface area contributed by atoms with Crippen LogP contribution in [-0.4, -0.2) is 11.9 Å². The summed E-state index contributed by atoms with van der Waals surface area (Å²) in [6, 6.07) is 14.8. The second-order valence-corrected chi connectivity index (χ2v) is 7.69. The molecule has 1 heterocycles. The molecule has 0 atom stereocenters. The number of anilines is 1. The number of amides is 1. The summed E-state index contributed by atoms with van der Waals surface area (Å²) in [7, 11) is 0. The average Bonchev–Trinajstić information content (AvgIpc) is 3.28. The highest BCUT2D eigenvalue weighted by Gasteiger charge is 2.28. The zero-order valence-corrected chi connectivity index (χ0v) is 15.9. The fourth-order valence-electron chi connectivity index (χ4n) is 3.33. The molecule has 1 amide bonds. The van der Waals surface area contributed by atoms with E-state index in [1.54, 1.807) is 0 Å². The van der Waals surface area contributed by atoms with Crippen molar-refractivity contribution >= 4 is 28.2 Å². The van der Waals surface area contributed by atoms with Crippen LogP contribution in [0.15, 0.2) is 54.6 Å². The highest BCUT2D eigenvalue weighted by molar-refractivity contribution is 7.17. The normalized spacial score (nSPS) is 12.5. The molecular weight excluding hydrogens is 377 g/mol. The molecule has 0 radical (unpaired) electrons. The van der Waals surface area contributed by atoms with E-state index in [2.05, 4.69) is 5.32 Å². The van der Waals surface area contributed by atoms with Crippen LogP contribution in [0.4, 0.5) is 14.2 Å². The molecule has 0 bridgehead atoms. The van der Waals surface area contributed by atoms with Gasteiger partial charge in [-0.25, -0.2) is 9.18 Å². The van der Waals surface area contributed by atoms with Crippen LogP contribution in [0.2, 0.25) is 0 Å². The van der Waals surface area contributed by atoms with Crippen LogP contribution in [0.25, 0.3) is 0 Å². The first-order chi connectivity index (χ1) is 13.6. The quantitative estimate of drug-likeness (QED) is 0.592. The van der Waals surface area contributed by atoms with Crippen LogP contribution in [0, 0.1) is 5.82 Å². The minimum absolute atomic E-state index is 0.152. The molecule has 0 spiro atoms. The number of aryl methyl sites for hydroxylation is 1. The number of nitrogens with one attached hydrogen (secondary N) is 1. The van der Waals surface area contributed by atoms with Crippen molar-refractivity contribution in [2.45, 2.75) is 25.9 Å². The van der Waals surface area contributed by atoms with Gasteiger partial charge in [0.05, 0.1) is 5.56 Å². The van der Waals surface area contributed by atoms with Crippen LogP contribution in [0.3, 0.4) is 0 Å². The maximum Gasteiger partial charge on any atom is 0.412 e. The lowest BCUT2D eigenvalue weighted by Gasteiger charge is -2.09. The van der Waals surface area contributed by atoms with Crippen LogP contribution in [0.5, 0.6) is 0 Å². The molecule has 1 aromatic heterocycles. The molecule has 0 saturated carbocycles. The van der Waals surface area contributed by atoms with Gasteiger partial charge in [0.2, 0.25) is 0 Å². The molecule has 142 valence electrons. The van der Waals surface area contributed by atoms with E-state index in [-0.39, 0.29) is 12.4 Å². The molecule has 1 aliphatic carbocycles. The van der Waals surface area contributed by atoms with Gasteiger partial charge in [-0.1, -0.05) is 30.3 Å². The van der Waals surface area contributed by atoms with Crippen LogP contribution in [0.1, 0.15) is 38.3 Å². The predicted octanol–water partition coefficient (Wildman–Crippen LogP) is 5.36. The number of benzene rings is 2. The molecule has 4 nitrogen and oxygen atoms in total. The minimum atomic E-state index is -0.600. The van der Waals surface area contributed by atoms with E-state index >= 15 is 0 Å². The first-order valence-corrected chi connectivity index (χ1v) is 9.86. The number of fused-ring (bicyclic) bond motifs is 1. The Bertz CT molecular complexity index is 1010. The lowest BCUT2D eigenvalue weighted by molar-refractivity contribution is 0.103. The molecule has 0 fully saturated rings. The number of ether oxygens (including phenoxy) is 1. The number of rotatable bonds is 5. The third-order valence-corrected chi connectivity index (χ3v) is 5.89. The zero-order chi connectivity index (χ0) is 19.5. The van der Waals surface area contributed by atoms with Crippen LogP contribution in [-0.2, 0) is 24.2 Å². The van der Waals surface area contributed by atoms with Gasteiger partial charge in [0.15, 0.2) is 5.78 Å². The molecule has 6 heteroatoms. The first-order valence-electron chi connectivity index (χ1n) is 9.04. The average molecular weight is 395 g/mol. The van der Waals surface area contributed by atoms with Crippen molar-refractivity contribution in [3.05, 3.63) is 87.5 Å². The first kappa shape index (κ1) is 18.4. The van der Waals surface area contributed by atoms with E-state index in [1.165, 1.54) is 35.6 Å². The van der Waals surface area contributed by atoms with Gasteiger partial charge in [0.1, 0.15) is 17.4 Å². The molecule has 0 unspecified atom stereocenters. The summed E-state index contributed by atoms with van der Waals surface area (Å²) in [6.07, 6.45) is 2.08. The van der Waals surface area contributed by atoms with Crippen molar-refractivity contribution < 1.29 is 18.7 Å². The summed E-state index contributed by atoms with van der Waals surface area (Å²) in [5.74, 6) is -0.604. The van der Waals surface area contributed by atoms with Crippen molar-refractivity contribution in [2.75, 3.05) is 5.32 Å². The van der Waals surface area contributed by atoms with E-state index in [0.29, 0.717) is 16.1 Å². The maximum atomic E-state index is 13.2. The van der Waals surface area contributed by atoms with Crippen molar-refractivity contribution in [2.24, 2.45) is 0 Å². The highest BCUT2D eigenvalue weighted by atomic mass is 32.1. The Balaban J connectivity index is 1.55. The fraction of sp³-hybridized carbons (Fsp3) is 0.182. The van der Waals surface area contributed by atoms with Gasteiger partial charge in [-0.05, 0) is 54.7 Å². The Morgan fingerprint density at radius 2 is 1.79 bits per heavy atom. The molecule has 0 aliphatic heterocycles. The number of halogens is 1. The van der Waals surface area contributed by atoms with Gasteiger partial charge < -0.3 is 4.74 Å². The van der Waals surface area contributed by atoms with Gasteiger partial charge in [-0.2, -0.15) is 0 Å². The van der Waals surface area contributed by atoms with E-state index in [1.807, 2.05) is 30.3 Å². The topological polar surface area (TPSA) is 55.4 Å². The number of thiophene rings is 1. The van der Waals surface area contributed by atoms with Gasteiger partial charge in [-0.3, -0.25) is 10.1 Å². The largest absolute Gasteiger partial charge is 0.444 e. The third-order valence-electron chi connectivity index (χ3n) is 4.68. The van der Waals surface area contributed by atoms with E-state index in [9.17, 15) is 14.0 Å². The number of hydrogen-bond donors (Lipinski definition) is 1. The molecule has 1 aliphatic rings. The smallest absolute Gasteiger partial charge is 0.412 e. The molecule has 2 aromatic carbocycles. The molecule has 1 N–H and O–H groups in total. The molecule has 3 aromatic rings. The second kappa shape index (κ2) is 7.94. The Hall–Kier alpha value is -2.99. The SMILES string of the molecule is O=C(Nc1sc2c(c1C(=O)c1ccc(F)cc1)CCC2)OCc1ccccc1. The monoisotopic (exact) mass is 395 g/mol. The van der Waals surface area contributed by atoms with E-state index in [4.69, 9.17) is 4.74 Å². The van der Waals surface area contributed by atoms with E-state index in [0.717, 1.165) is 35.3 Å². The van der Waals surface area contributed by atoms with Gasteiger partial charge in [-0.15, -0.1) is 11.3 Å².